The fourth-order valence-corrected chi connectivity index (χ4v) is 5.96. The van der Waals surface area contributed by atoms with Gasteiger partial charge in [-0.2, -0.15) is 13.2 Å². The molecule has 11 heteroatoms. The van der Waals surface area contributed by atoms with Crippen molar-refractivity contribution < 1.29 is 46.4 Å². The zero-order valence-corrected chi connectivity index (χ0v) is 22.2. The molecule has 3 aliphatic rings. The first-order valence-electron chi connectivity index (χ1n) is 12.6. The van der Waals surface area contributed by atoms with E-state index in [1.165, 1.54) is 33.5 Å². The molecule has 0 spiro atoms. The number of hydrogen-bond donors (Lipinski definition) is 0. The average molecular weight is 558 g/mol. The van der Waals surface area contributed by atoms with Crippen LogP contribution >= 0.6 is 0 Å². The average Bonchev–Trinajstić information content (AvgIpc) is 3.55. The van der Waals surface area contributed by atoms with Crippen molar-refractivity contribution in [3.63, 3.8) is 0 Å². The van der Waals surface area contributed by atoms with Crippen LogP contribution in [0.4, 0.5) is 13.2 Å². The molecule has 40 heavy (non-hydrogen) atoms. The van der Waals surface area contributed by atoms with Gasteiger partial charge in [0.15, 0.2) is 23.0 Å². The lowest BCUT2D eigenvalue weighted by Crippen LogP contribution is -2.36. The maximum Gasteiger partial charge on any atom is 0.416 e. The fourth-order valence-electron chi connectivity index (χ4n) is 5.96. The van der Waals surface area contributed by atoms with Crippen molar-refractivity contribution >= 4 is 5.97 Å². The van der Waals surface area contributed by atoms with Crippen molar-refractivity contribution in [1.29, 1.82) is 0 Å². The van der Waals surface area contributed by atoms with E-state index in [4.69, 9.17) is 28.4 Å². The first-order valence-corrected chi connectivity index (χ1v) is 12.6. The van der Waals surface area contributed by atoms with Gasteiger partial charge in [-0.15, -0.1) is 0 Å². The lowest BCUT2D eigenvalue weighted by atomic mass is 9.81. The Bertz CT molecular complexity index is 1500. The van der Waals surface area contributed by atoms with Gasteiger partial charge < -0.3 is 28.4 Å². The molecule has 2 atom stereocenters. The minimum Gasteiger partial charge on any atom is -0.493 e. The summed E-state index contributed by atoms with van der Waals surface area (Å²) in [5, 5.41) is 0. The Morgan fingerprint density at radius 2 is 1.60 bits per heavy atom. The van der Waals surface area contributed by atoms with E-state index in [-0.39, 0.29) is 18.1 Å². The third kappa shape index (κ3) is 3.82. The monoisotopic (exact) mass is 557 g/mol. The van der Waals surface area contributed by atoms with E-state index < -0.39 is 29.9 Å². The Kier molecular flexibility index (Phi) is 6.21. The maximum atomic E-state index is 13.3. The molecule has 3 aromatic carbocycles. The molecule has 0 radical (unpaired) electrons. The Labute approximate surface area is 228 Å². The van der Waals surface area contributed by atoms with E-state index in [0.29, 0.717) is 52.7 Å². The minimum atomic E-state index is -4.46. The molecule has 0 aliphatic carbocycles. The topological polar surface area (TPSA) is 75.7 Å². The summed E-state index contributed by atoms with van der Waals surface area (Å²) in [6.45, 7) is 0.506. The Hall–Kier alpha value is -4.12. The van der Waals surface area contributed by atoms with Gasteiger partial charge in [-0.3, -0.25) is 4.90 Å². The molecule has 0 N–H and O–H groups in total. The predicted molar refractivity (Wildman–Crippen MR) is 136 cm³/mol. The number of halogens is 3. The van der Waals surface area contributed by atoms with Crippen LogP contribution in [-0.4, -0.2) is 52.6 Å². The van der Waals surface area contributed by atoms with Crippen molar-refractivity contribution in [2.75, 3.05) is 41.7 Å². The molecule has 0 saturated heterocycles. The molecule has 8 nitrogen and oxygen atoms in total. The highest BCUT2D eigenvalue weighted by Crippen LogP contribution is 2.59. The van der Waals surface area contributed by atoms with Gasteiger partial charge in [0.1, 0.15) is 11.7 Å². The molecule has 3 heterocycles. The summed E-state index contributed by atoms with van der Waals surface area (Å²) < 4.78 is 74.4. The molecule has 0 amide bonds. The summed E-state index contributed by atoms with van der Waals surface area (Å²) in [6, 6.07) is 7.96. The molecular weight excluding hydrogens is 531 g/mol. The molecule has 3 aliphatic heterocycles. The van der Waals surface area contributed by atoms with Gasteiger partial charge in [-0.1, -0.05) is 18.2 Å². The molecule has 0 aromatic heterocycles. The van der Waals surface area contributed by atoms with Crippen LogP contribution in [0.5, 0.6) is 28.7 Å². The number of carbonyl (C=O) groups is 1. The number of nitrogens with zero attached hydrogens (tertiary/aromatic N) is 1. The lowest BCUT2D eigenvalue weighted by Gasteiger charge is -2.39. The van der Waals surface area contributed by atoms with Crippen LogP contribution in [-0.2, 0) is 17.3 Å². The minimum absolute atomic E-state index is 0.0685. The van der Waals surface area contributed by atoms with Crippen molar-refractivity contribution in [2.24, 2.45) is 0 Å². The number of rotatable bonds is 5. The molecule has 6 rings (SSSR count). The second-order valence-corrected chi connectivity index (χ2v) is 9.71. The first-order chi connectivity index (χ1) is 19.2. The maximum absolute atomic E-state index is 13.3. The summed E-state index contributed by atoms with van der Waals surface area (Å²) >= 11 is 0. The first kappa shape index (κ1) is 26.1. The van der Waals surface area contributed by atoms with Gasteiger partial charge in [0.2, 0.25) is 12.5 Å². The smallest absolute Gasteiger partial charge is 0.416 e. The van der Waals surface area contributed by atoms with Crippen molar-refractivity contribution in [3.05, 3.63) is 64.2 Å². The summed E-state index contributed by atoms with van der Waals surface area (Å²) in [4.78, 5) is 15.2. The summed E-state index contributed by atoms with van der Waals surface area (Å²) in [5.74, 6) is 1.34. The van der Waals surface area contributed by atoms with Gasteiger partial charge in [0, 0.05) is 23.2 Å². The molecular formula is C29H26F3NO7. The van der Waals surface area contributed by atoms with E-state index in [9.17, 15) is 18.0 Å². The number of carbonyl (C=O) groups excluding carboxylic acids is 1. The van der Waals surface area contributed by atoms with E-state index in [0.717, 1.165) is 23.3 Å². The van der Waals surface area contributed by atoms with Crippen LogP contribution in [0.2, 0.25) is 0 Å². The Balaban J connectivity index is 1.57. The number of likely N-dealkylation sites (N-methyl/N-ethyl adjacent to an activating group) is 1. The van der Waals surface area contributed by atoms with Gasteiger partial charge >= 0.3 is 12.1 Å². The summed E-state index contributed by atoms with van der Waals surface area (Å²) in [7, 11) is 6.38. The standard InChI is InChI=1S/C29H26F3NO7/c1-33-12-11-16-19(14-5-7-15(8-6-14)29(30,31)32)26-27(39-13-38-26)25(37-4)20(16)22(33)23-17-9-10-18(35-2)24(36-3)21(17)28(34)40-23/h5-10,22-23H,11-13H2,1-4H3/t22-,23+/m1/s1. The van der Waals surface area contributed by atoms with Crippen molar-refractivity contribution in [2.45, 2.75) is 24.7 Å². The van der Waals surface area contributed by atoms with E-state index in [2.05, 4.69) is 4.90 Å². The molecule has 0 fully saturated rings. The van der Waals surface area contributed by atoms with Crippen LogP contribution in [0.1, 0.15) is 44.8 Å². The van der Waals surface area contributed by atoms with Crippen LogP contribution < -0.4 is 23.7 Å². The second kappa shape index (κ2) is 9.51. The number of ether oxygens (including phenoxy) is 6. The second-order valence-electron chi connectivity index (χ2n) is 9.71. The quantitative estimate of drug-likeness (QED) is 0.377. The molecule has 0 bridgehead atoms. The van der Waals surface area contributed by atoms with Crippen LogP contribution in [0.3, 0.4) is 0 Å². The highest BCUT2D eigenvalue weighted by Gasteiger charge is 2.47. The highest BCUT2D eigenvalue weighted by molar-refractivity contribution is 5.98. The van der Waals surface area contributed by atoms with Gasteiger partial charge in [-0.05, 0) is 42.8 Å². The van der Waals surface area contributed by atoms with E-state index in [1.807, 2.05) is 7.05 Å². The van der Waals surface area contributed by atoms with Crippen molar-refractivity contribution in [3.8, 4) is 39.9 Å². The van der Waals surface area contributed by atoms with Crippen LogP contribution in [0.25, 0.3) is 11.1 Å². The third-order valence-corrected chi connectivity index (χ3v) is 7.72. The van der Waals surface area contributed by atoms with Crippen LogP contribution in [0.15, 0.2) is 36.4 Å². The number of benzene rings is 3. The number of esters is 1. The van der Waals surface area contributed by atoms with E-state index in [1.54, 1.807) is 12.1 Å². The SMILES string of the molecule is COc1ccc2c(c1OC)C(=O)O[C@@H]2[C@H]1c2c(c(-c3ccc(C(F)(F)F)cc3)c3c(c2OC)OCO3)CCN1C. The van der Waals surface area contributed by atoms with Gasteiger partial charge in [-0.25, -0.2) is 4.79 Å². The fraction of sp³-hybridized carbons (Fsp3) is 0.345. The van der Waals surface area contributed by atoms with Crippen molar-refractivity contribution in [1.82, 2.24) is 4.90 Å². The Morgan fingerprint density at radius 3 is 2.25 bits per heavy atom. The molecule has 210 valence electrons. The Morgan fingerprint density at radius 1 is 0.900 bits per heavy atom. The number of alkyl halides is 3. The molecule has 3 aromatic rings. The zero-order valence-electron chi connectivity index (χ0n) is 22.2. The van der Waals surface area contributed by atoms with Gasteiger partial charge in [0.25, 0.3) is 0 Å². The summed E-state index contributed by atoms with van der Waals surface area (Å²) in [5.41, 5.74) is 2.89. The normalized spacial score (nSPS) is 19.6. The number of fused-ring (bicyclic) bond motifs is 3. The number of hydrogen-bond acceptors (Lipinski definition) is 8. The predicted octanol–water partition coefficient (Wildman–Crippen LogP) is 5.57. The molecule has 0 saturated carbocycles. The van der Waals surface area contributed by atoms with Gasteiger partial charge in [0.05, 0.1) is 32.9 Å². The highest BCUT2D eigenvalue weighted by atomic mass is 19.4. The number of cyclic esters (lactones) is 1. The van der Waals surface area contributed by atoms with Crippen LogP contribution in [0, 0.1) is 0 Å². The third-order valence-electron chi connectivity index (χ3n) is 7.72. The summed E-state index contributed by atoms with van der Waals surface area (Å²) in [6.07, 6.45) is -4.65. The lowest BCUT2D eigenvalue weighted by molar-refractivity contribution is -0.137. The zero-order chi connectivity index (χ0) is 28.3. The largest absolute Gasteiger partial charge is 0.493 e. The number of methoxy groups -OCH3 is 3. The molecule has 0 unspecified atom stereocenters. The van der Waals surface area contributed by atoms with E-state index >= 15 is 0 Å².